The molecule has 112 valence electrons. The molecule has 0 atom stereocenters. The van der Waals surface area contributed by atoms with E-state index in [1.54, 1.807) is 0 Å². The van der Waals surface area contributed by atoms with E-state index in [2.05, 4.69) is 29.4 Å². The van der Waals surface area contributed by atoms with Crippen molar-refractivity contribution in [2.75, 3.05) is 45.9 Å². The summed E-state index contributed by atoms with van der Waals surface area (Å²) >= 11 is 0. The highest BCUT2D eigenvalue weighted by atomic mass is 16.5. The lowest BCUT2D eigenvalue weighted by atomic mass is 9.88. The van der Waals surface area contributed by atoms with E-state index in [1.807, 2.05) is 6.92 Å². The molecule has 19 heavy (non-hydrogen) atoms. The van der Waals surface area contributed by atoms with Gasteiger partial charge in [0.1, 0.15) is 5.54 Å². The van der Waals surface area contributed by atoms with Crippen LogP contribution in [0.15, 0.2) is 0 Å². The second kappa shape index (κ2) is 8.51. The lowest BCUT2D eigenvalue weighted by Crippen LogP contribution is -2.59. The van der Waals surface area contributed by atoms with Gasteiger partial charge in [0.25, 0.3) is 0 Å². The van der Waals surface area contributed by atoms with Gasteiger partial charge in [-0.3, -0.25) is 4.79 Å². The molecular formula is C14H29N3O2. The SMILES string of the molecule is CCOC(=O)C1(NCCN(CC)CC)CCNCC1. The van der Waals surface area contributed by atoms with Gasteiger partial charge in [0.05, 0.1) is 6.61 Å². The van der Waals surface area contributed by atoms with Crippen molar-refractivity contribution >= 4 is 5.97 Å². The number of carbonyl (C=O) groups is 1. The Morgan fingerprint density at radius 1 is 1.26 bits per heavy atom. The van der Waals surface area contributed by atoms with Crippen LogP contribution < -0.4 is 10.6 Å². The monoisotopic (exact) mass is 271 g/mol. The third kappa shape index (κ3) is 4.75. The summed E-state index contributed by atoms with van der Waals surface area (Å²) in [4.78, 5) is 14.6. The summed E-state index contributed by atoms with van der Waals surface area (Å²) in [6.45, 7) is 12.3. The van der Waals surface area contributed by atoms with Crippen LogP contribution in [-0.4, -0.2) is 62.3 Å². The maximum absolute atomic E-state index is 12.2. The fraction of sp³-hybridized carbons (Fsp3) is 0.929. The summed E-state index contributed by atoms with van der Waals surface area (Å²) in [6, 6.07) is 0. The summed E-state index contributed by atoms with van der Waals surface area (Å²) in [5, 5.41) is 6.76. The molecule has 0 spiro atoms. The number of hydrogen-bond acceptors (Lipinski definition) is 5. The largest absolute Gasteiger partial charge is 0.465 e. The molecule has 1 saturated heterocycles. The van der Waals surface area contributed by atoms with Gasteiger partial charge in [0.15, 0.2) is 0 Å². The van der Waals surface area contributed by atoms with Gasteiger partial charge in [0.2, 0.25) is 0 Å². The van der Waals surface area contributed by atoms with Gasteiger partial charge in [0, 0.05) is 13.1 Å². The molecule has 1 fully saturated rings. The molecule has 2 N–H and O–H groups in total. The van der Waals surface area contributed by atoms with Gasteiger partial charge in [-0.05, 0) is 45.9 Å². The van der Waals surface area contributed by atoms with Crippen LogP contribution in [0.25, 0.3) is 0 Å². The summed E-state index contributed by atoms with van der Waals surface area (Å²) < 4.78 is 5.25. The molecule has 0 aromatic rings. The fourth-order valence-corrected chi connectivity index (χ4v) is 2.57. The maximum Gasteiger partial charge on any atom is 0.326 e. The minimum Gasteiger partial charge on any atom is -0.465 e. The van der Waals surface area contributed by atoms with E-state index in [-0.39, 0.29) is 5.97 Å². The third-order valence-corrected chi connectivity index (χ3v) is 3.91. The molecule has 0 aromatic carbocycles. The van der Waals surface area contributed by atoms with Crippen LogP contribution in [0.4, 0.5) is 0 Å². The Balaban J connectivity index is 2.52. The molecule has 5 nitrogen and oxygen atoms in total. The van der Waals surface area contributed by atoms with Crippen molar-refractivity contribution < 1.29 is 9.53 Å². The Morgan fingerprint density at radius 3 is 2.42 bits per heavy atom. The Kier molecular flexibility index (Phi) is 7.34. The van der Waals surface area contributed by atoms with Gasteiger partial charge < -0.3 is 20.3 Å². The van der Waals surface area contributed by atoms with Crippen molar-refractivity contribution in [1.29, 1.82) is 0 Å². The van der Waals surface area contributed by atoms with Crippen molar-refractivity contribution in [1.82, 2.24) is 15.5 Å². The first kappa shape index (κ1) is 16.4. The van der Waals surface area contributed by atoms with Crippen LogP contribution in [0.5, 0.6) is 0 Å². The van der Waals surface area contributed by atoms with Crippen molar-refractivity contribution in [3.05, 3.63) is 0 Å². The standard InChI is InChI=1S/C14H29N3O2/c1-4-17(5-2)12-11-16-14(13(18)19-6-3)7-9-15-10-8-14/h15-16H,4-12H2,1-3H3. The van der Waals surface area contributed by atoms with Crippen LogP contribution >= 0.6 is 0 Å². The number of rotatable bonds is 8. The molecule has 1 aliphatic rings. The fourth-order valence-electron chi connectivity index (χ4n) is 2.57. The summed E-state index contributed by atoms with van der Waals surface area (Å²) in [7, 11) is 0. The summed E-state index contributed by atoms with van der Waals surface area (Å²) in [5.74, 6) is -0.0870. The van der Waals surface area contributed by atoms with Crippen molar-refractivity contribution in [2.24, 2.45) is 0 Å². The minimum absolute atomic E-state index is 0.0870. The van der Waals surface area contributed by atoms with E-state index in [9.17, 15) is 4.79 Å². The van der Waals surface area contributed by atoms with E-state index in [0.29, 0.717) is 6.61 Å². The van der Waals surface area contributed by atoms with Crippen molar-refractivity contribution in [3.63, 3.8) is 0 Å². The molecule has 1 rings (SSSR count). The Bertz CT molecular complexity index is 261. The Labute approximate surface area is 117 Å². The van der Waals surface area contributed by atoms with Crippen LogP contribution in [0.2, 0.25) is 0 Å². The summed E-state index contributed by atoms with van der Waals surface area (Å²) in [5.41, 5.74) is -0.478. The number of carbonyl (C=O) groups excluding carboxylic acids is 1. The first-order valence-electron chi connectivity index (χ1n) is 7.53. The van der Waals surface area contributed by atoms with Crippen LogP contribution in [0, 0.1) is 0 Å². The van der Waals surface area contributed by atoms with Crippen molar-refractivity contribution in [3.8, 4) is 0 Å². The van der Waals surface area contributed by atoms with E-state index < -0.39 is 5.54 Å². The van der Waals surface area contributed by atoms with Crippen LogP contribution in [0.3, 0.4) is 0 Å². The molecule has 0 aliphatic carbocycles. The second-order valence-electron chi connectivity index (χ2n) is 5.01. The van der Waals surface area contributed by atoms with E-state index in [4.69, 9.17) is 4.74 Å². The molecule has 0 bridgehead atoms. The van der Waals surface area contributed by atoms with E-state index >= 15 is 0 Å². The first-order chi connectivity index (χ1) is 9.18. The number of hydrogen-bond donors (Lipinski definition) is 2. The average Bonchev–Trinajstić information content (AvgIpc) is 2.45. The number of esters is 1. The number of piperidine rings is 1. The molecule has 0 aromatic heterocycles. The molecule has 0 radical (unpaired) electrons. The normalized spacial score (nSPS) is 18.5. The van der Waals surface area contributed by atoms with Crippen molar-refractivity contribution in [2.45, 2.75) is 39.2 Å². The molecule has 0 amide bonds. The second-order valence-corrected chi connectivity index (χ2v) is 5.01. The number of nitrogens with zero attached hydrogens (tertiary/aromatic N) is 1. The Hall–Kier alpha value is -0.650. The third-order valence-electron chi connectivity index (χ3n) is 3.91. The molecule has 0 unspecified atom stereocenters. The van der Waals surface area contributed by atoms with Gasteiger partial charge in [-0.2, -0.15) is 0 Å². The molecule has 1 heterocycles. The minimum atomic E-state index is -0.478. The van der Waals surface area contributed by atoms with Gasteiger partial charge in [-0.1, -0.05) is 13.8 Å². The highest BCUT2D eigenvalue weighted by molar-refractivity contribution is 5.81. The molecular weight excluding hydrogens is 242 g/mol. The Morgan fingerprint density at radius 2 is 1.89 bits per heavy atom. The number of nitrogens with one attached hydrogen (secondary N) is 2. The zero-order valence-corrected chi connectivity index (χ0v) is 12.6. The summed E-state index contributed by atoms with van der Waals surface area (Å²) in [6.07, 6.45) is 1.62. The zero-order valence-electron chi connectivity index (χ0n) is 12.6. The van der Waals surface area contributed by atoms with Gasteiger partial charge >= 0.3 is 5.97 Å². The molecule has 0 saturated carbocycles. The number of likely N-dealkylation sites (N-methyl/N-ethyl adjacent to an activating group) is 1. The first-order valence-corrected chi connectivity index (χ1v) is 7.53. The van der Waals surface area contributed by atoms with Crippen LogP contribution in [0.1, 0.15) is 33.6 Å². The topological polar surface area (TPSA) is 53.6 Å². The number of ether oxygens (including phenoxy) is 1. The smallest absolute Gasteiger partial charge is 0.326 e. The predicted octanol–water partition coefficient (Wildman–Crippen LogP) is 0.603. The van der Waals surface area contributed by atoms with E-state index in [0.717, 1.165) is 52.1 Å². The average molecular weight is 271 g/mol. The lowest BCUT2D eigenvalue weighted by molar-refractivity contribution is -0.152. The highest BCUT2D eigenvalue weighted by Crippen LogP contribution is 2.20. The molecule has 1 aliphatic heterocycles. The van der Waals surface area contributed by atoms with E-state index in [1.165, 1.54) is 0 Å². The molecule has 5 heteroatoms. The maximum atomic E-state index is 12.2. The van der Waals surface area contributed by atoms with Crippen LogP contribution in [-0.2, 0) is 9.53 Å². The van der Waals surface area contributed by atoms with Gasteiger partial charge in [-0.15, -0.1) is 0 Å². The highest BCUT2D eigenvalue weighted by Gasteiger charge is 2.40. The van der Waals surface area contributed by atoms with Gasteiger partial charge in [-0.25, -0.2) is 0 Å². The zero-order chi connectivity index (χ0) is 14.1. The lowest BCUT2D eigenvalue weighted by Gasteiger charge is -2.36. The quantitative estimate of drug-likeness (QED) is 0.633. The predicted molar refractivity (Wildman–Crippen MR) is 77.3 cm³/mol.